The van der Waals surface area contributed by atoms with Gasteiger partial charge in [0, 0.05) is 19.0 Å². The molecule has 0 aliphatic heterocycles. The highest BCUT2D eigenvalue weighted by molar-refractivity contribution is 5.89. The van der Waals surface area contributed by atoms with Crippen LogP contribution in [0.15, 0.2) is 18.3 Å². The number of halogens is 1. The van der Waals surface area contributed by atoms with E-state index in [9.17, 15) is 9.18 Å². The van der Waals surface area contributed by atoms with Crippen LogP contribution in [0.1, 0.15) is 19.3 Å². The molecule has 5 heteroatoms. The first-order chi connectivity index (χ1) is 7.74. The monoisotopic (exact) mass is 223 g/mol. The molecular weight excluding hydrogens is 209 g/mol. The van der Waals surface area contributed by atoms with E-state index in [2.05, 4.69) is 15.6 Å². The van der Waals surface area contributed by atoms with Crippen LogP contribution in [0.4, 0.5) is 10.2 Å². The fourth-order valence-corrected chi connectivity index (χ4v) is 1.33. The molecule has 1 aliphatic rings. The minimum absolute atomic E-state index is 0.104. The molecule has 0 bridgehead atoms. The van der Waals surface area contributed by atoms with E-state index in [1.54, 1.807) is 0 Å². The molecule has 1 fully saturated rings. The largest absolute Gasteiger partial charge is 0.313 e. The first-order valence-corrected chi connectivity index (χ1v) is 5.39. The molecule has 1 saturated carbocycles. The fraction of sp³-hybridized carbons (Fsp3) is 0.455. The van der Waals surface area contributed by atoms with Gasteiger partial charge in [0.1, 0.15) is 11.6 Å². The Morgan fingerprint density at radius 1 is 1.50 bits per heavy atom. The van der Waals surface area contributed by atoms with Gasteiger partial charge in [-0.05, 0) is 25.0 Å². The highest BCUT2D eigenvalue weighted by atomic mass is 19.1. The molecule has 1 heterocycles. The summed E-state index contributed by atoms with van der Waals surface area (Å²) >= 11 is 0. The molecule has 2 N–H and O–H groups in total. The SMILES string of the molecule is O=C(CCNC1CC1)Nc1ccc(F)cn1. The molecule has 86 valence electrons. The highest BCUT2D eigenvalue weighted by Gasteiger charge is 2.20. The van der Waals surface area contributed by atoms with Crippen LogP contribution in [-0.4, -0.2) is 23.5 Å². The van der Waals surface area contributed by atoms with Crippen molar-refractivity contribution in [3.8, 4) is 0 Å². The second kappa shape index (κ2) is 5.03. The zero-order chi connectivity index (χ0) is 11.4. The van der Waals surface area contributed by atoms with Crippen molar-refractivity contribution in [2.24, 2.45) is 0 Å². The van der Waals surface area contributed by atoms with E-state index in [0.717, 1.165) is 6.20 Å². The fourth-order valence-electron chi connectivity index (χ4n) is 1.33. The maximum atomic E-state index is 12.5. The van der Waals surface area contributed by atoms with Crippen LogP contribution in [0.2, 0.25) is 0 Å². The summed E-state index contributed by atoms with van der Waals surface area (Å²) in [5, 5.41) is 5.85. The first kappa shape index (κ1) is 11.0. The van der Waals surface area contributed by atoms with Gasteiger partial charge < -0.3 is 10.6 Å². The molecule has 1 aromatic heterocycles. The third-order valence-corrected chi connectivity index (χ3v) is 2.36. The average Bonchev–Trinajstić information content (AvgIpc) is 3.05. The van der Waals surface area contributed by atoms with E-state index in [-0.39, 0.29) is 5.91 Å². The van der Waals surface area contributed by atoms with Crippen LogP contribution in [0.3, 0.4) is 0 Å². The Bertz CT molecular complexity index is 362. The molecule has 0 aromatic carbocycles. The van der Waals surface area contributed by atoms with Gasteiger partial charge in [0.25, 0.3) is 0 Å². The van der Waals surface area contributed by atoms with Crippen molar-refractivity contribution < 1.29 is 9.18 Å². The number of carbonyl (C=O) groups excluding carboxylic acids is 1. The number of nitrogens with one attached hydrogen (secondary N) is 2. The van der Waals surface area contributed by atoms with Gasteiger partial charge in [-0.2, -0.15) is 0 Å². The van der Waals surface area contributed by atoms with Crippen LogP contribution in [0, 0.1) is 5.82 Å². The van der Waals surface area contributed by atoms with Gasteiger partial charge >= 0.3 is 0 Å². The topological polar surface area (TPSA) is 54.0 Å². The predicted molar refractivity (Wildman–Crippen MR) is 58.5 cm³/mol. The van der Waals surface area contributed by atoms with Crippen molar-refractivity contribution in [2.75, 3.05) is 11.9 Å². The second-order valence-electron chi connectivity index (χ2n) is 3.89. The second-order valence-corrected chi connectivity index (χ2v) is 3.89. The minimum atomic E-state index is -0.409. The van der Waals surface area contributed by atoms with Crippen molar-refractivity contribution in [3.63, 3.8) is 0 Å². The van der Waals surface area contributed by atoms with Gasteiger partial charge in [0.15, 0.2) is 0 Å². The lowest BCUT2D eigenvalue weighted by Gasteiger charge is -2.04. The Kier molecular flexibility index (Phi) is 3.46. The Morgan fingerprint density at radius 2 is 2.31 bits per heavy atom. The normalized spacial score (nSPS) is 14.8. The standard InChI is InChI=1S/C11H14FN3O/c12-8-1-4-10(14-7-8)15-11(16)5-6-13-9-2-3-9/h1,4,7,9,13H,2-3,5-6H2,(H,14,15,16). The van der Waals surface area contributed by atoms with E-state index >= 15 is 0 Å². The molecule has 1 aliphatic carbocycles. The summed E-state index contributed by atoms with van der Waals surface area (Å²) in [6.45, 7) is 0.678. The quantitative estimate of drug-likeness (QED) is 0.791. The Hall–Kier alpha value is -1.49. The van der Waals surface area contributed by atoms with Crippen LogP contribution >= 0.6 is 0 Å². The predicted octanol–water partition coefficient (Wildman–Crippen LogP) is 1.30. The molecule has 0 spiro atoms. The summed E-state index contributed by atoms with van der Waals surface area (Å²) in [6, 6.07) is 3.32. The molecule has 16 heavy (non-hydrogen) atoms. The van der Waals surface area contributed by atoms with Gasteiger partial charge in [0.2, 0.25) is 5.91 Å². The Labute approximate surface area is 93.3 Å². The lowest BCUT2D eigenvalue weighted by atomic mass is 10.3. The summed E-state index contributed by atoms with van der Waals surface area (Å²) in [4.78, 5) is 15.2. The van der Waals surface area contributed by atoms with Crippen molar-refractivity contribution in [2.45, 2.75) is 25.3 Å². The highest BCUT2D eigenvalue weighted by Crippen LogP contribution is 2.18. The summed E-state index contributed by atoms with van der Waals surface area (Å²) in [5.41, 5.74) is 0. The number of anilines is 1. The smallest absolute Gasteiger partial charge is 0.226 e. The van der Waals surface area contributed by atoms with Gasteiger partial charge in [0.05, 0.1) is 6.20 Å². The number of pyridine rings is 1. The Morgan fingerprint density at radius 3 is 2.94 bits per heavy atom. The summed E-state index contributed by atoms with van der Waals surface area (Å²) < 4.78 is 12.5. The Balaban J connectivity index is 1.70. The number of carbonyl (C=O) groups is 1. The van der Waals surface area contributed by atoms with Crippen LogP contribution in [-0.2, 0) is 4.79 Å². The van der Waals surface area contributed by atoms with Crippen LogP contribution in [0.5, 0.6) is 0 Å². The number of hydrogen-bond acceptors (Lipinski definition) is 3. The third-order valence-electron chi connectivity index (χ3n) is 2.36. The first-order valence-electron chi connectivity index (χ1n) is 5.39. The number of hydrogen-bond donors (Lipinski definition) is 2. The van der Waals surface area contributed by atoms with Crippen LogP contribution in [0.25, 0.3) is 0 Å². The lowest BCUT2D eigenvalue weighted by Crippen LogP contribution is -2.23. The van der Waals surface area contributed by atoms with Crippen molar-refractivity contribution in [1.29, 1.82) is 0 Å². The maximum absolute atomic E-state index is 12.5. The van der Waals surface area contributed by atoms with E-state index < -0.39 is 5.82 Å². The maximum Gasteiger partial charge on any atom is 0.226 e. The van der Waals surface area contributed by atoms with E-state index in [1.165, 1.54) is 25.0 Å². The molecule has 1 amide bonds. The number of amides is 1. The number of nitrogens with zero attached hydrogens (tertiary/aromatic N) is 1. The number of aromatic nitrogens is 1. The van der Waals surface area contributed by atoms with Crippen molar-refractivity contribution in [3.05, 3.63) is 24.1 Å². The molecule has 4 nitrogen and oxygen atoms in total. The third kappa shape index (κ3) is 3.58. The van der Waals surface area contributed by atoms with E-state index in [1.807, 2.05) is 0 Å². The zero-order valence-corrected chi connectivity index (χ0v) is 8.87. The van der Waals surface area contributed by atoms with E-state index in [0.29, 0.717) is 24.8 Å². The van der Waals surface area contributed by atoms with Crippen molar-refractivity contribution in [1.82, 2.24) is 10.3 Å². The summed E-state index contributed by atoms with van der Waals surface area (Å²) in [6.07, 6.45) is 3.91. The molecule has 0 saturated heterocycles. The van der Waals surface area contributed by atoms with Crippen LogP contribution < -0.4 is 10.6 Å². The molecular formula is C11H14FN3O. The van der Waals surface area contributed by atoms with Crippen molar-refractivity contribution >= 4 is 11.7 Å². The summed E-state index contributed by atoms with van der Waals surface area (Å²) in [5.74, 6) is -0.126. The average molecular weight is 223 g/mol. The summed E-state index contributed by atoms with van der Waals surface area (Å²) in [7, 11) is 0. The molecule has 0 atom stereocenters. The lowest BCUT2D eigenvalue weighted by molar-refractivity contribution is -0.116. The molecule has 0 unspecified atom stereocenters. The minimum Gasteiger partial charge on any atom is -0.313 e. The molecule has 2 rings (SSSR count). The number of rotatable bonds is 5. The van der Waals surface area contributed by atoms with Gasteiger partial charge in [-0.15, -0.1) is 0 Å². The van der Waals surface area contributed by atoms with Gasteiger partial charge in [-0.3, -0.25) is 4.79 Å². The molecule has 1 aromatic rings. The van der Waals surface area contributed by atoms with Gasteiger partial charge in [-0.1, -0.05) is 0 Å². The molecule has 0 radical (unpaired) electrons. The zero-order valence-electron chi connectivity index (χ0n) is 8.87. The van der Waals surface area contributed by atoms with E-state index in [4.69, 9.17) is 0 Å². The van der Waals surface area contributed by atoms with Gasteiger partial charge in [-0.25, -0.2) is 9.37 Å².